The highest BCUT2D eigenvalue weighted by Crippen LogP contribution is 2.20. The molecule has 25 heavy (non-hydrogen) atoms. The molecule has 128 valence electrons. The summed E-state index contributed by atoms with van der Waals surface area (Å²) in [7, 11) is 0. The minimum absolute atomic E-state index is 0.0851. The monoisotopic (exact) mass is 359 g/mol. The van der Waals surface area contributed by atoms with Gasteiger partial charge in [-0.1, -0.05) is 36.0 Å². The third-order valence-electron chi connectivity index (χ3n) is 3.28. The van der Waals surface area contributed by atoms with Gasteiger partial charge in [-0.2, -0.15) is 0 Å². The number of thioether (sulfide) groups is 1. The molecule has 0 radical (unpaired) electrons. The zero-order valence-electron chi connectivity index (χ0n) is 13.0. The van der Waals surface area contributed by atoms with Crippen LogP contribution in [-0.4, -0.2) is 26.3 Å². The van der Waals surface area contributed by atoms with Crippen molar-refractivity contribution in [2.24, 2.45) is 0 Å². The largest absolute Gasteiger partial charge is 0.483 e. The maximum absolute atomic E-state index is 13.5. The van der Waals surface area contributed by atoms with E-state index in [-0.39, 0.29) is 17.9 Å². The summed E-state index contributed by atoms with van der Waals surface area (Å²) in [6.45, 7) is 0.0851. The van der Waals surface area contributed by atoms with Crippen LogP contribution in [0.4, 0.5) is 4.39 Å². The summed E-state index contributed by atoms with van der Waals surface area (Å²) in [5.74, 6) is -0.126. The molecule has 2 N–H and O–H groups in total. The molecule has 3 rings (SSSR count). The summed E-state index contributed by atoms with van der Waals surface area (Å²) in [4.78, 5) is 15.1. The third-order valence-corrected chi connectivity index (χ3v) is 4.20. The van der Waals surface area contributed by atoms with Crippen LogP contribution in [0.3, 0.4) is 0 Å². The lowest BCUT2D eigenvalue weighted by atomic mass is 10.1. The first kappa shape index (κ1) is 17.0. The Morgan fingerprint density at radius 3 is 2.68 bits per heavy atom. The molecule has 1 aromatic heterocycles. The number of hydrogen-bond donors (Lipinski definition) is 2. The number of aromatic amines is 1. The molecule has 8 heteroatoms. The second kappa shape index (κ2) is 7.80. The van der Waals surface area contributed by atoms with E-state index in [1.54, 1.807) is 42.5 Å². The highest BCUT2D eigenvalue weighted by molar-refractivity contribution is 7.98. The van der Waals surface area contributed by atoms with E-state index in [1.807, 2.05) is 0 Å². The van der Waals surface area contributed by atoms with Crippen molar-refractivity contribution < 1.29 is 19.0 Å². The molecule has 0 atom stereocenters. The molecular weight excluding hydrogens is 345 g/mol. The molecule has 0 aliphatic heterocycles. The number of aromatic nitrogens is 3. The van der Waals surface area contributed by atoms with Crippen molar-refractivity contribution in [1.29, 1.82) is 0 Å². The number of benzene rings is 2. The lowest BCUT2D eigenvalue weighted by Gasteiger charge is -2.04. The zero-order chi connectivity index (χ0) is 17.6. The number of nitrogens with zero attached hydrogens (tertiary/aromatic N) is 2. The van der Waals surface area contributed by atoms with E-state index in [0.717, 1.165) is 5.56 Å². The molecule has 0 saturated heterocycles. The summed E-state index contributed by atoms with van der Waals surface area (Å²) in [6.07, 6.45) is 0. The molecule has 2 aromatic carbocycles. The Hall–Kier alpha value is -2.87. The second-order valence-electron chi connectivity index (χ2n) is 5.07. The molecule has 0 amide bonds. The number of aromatic carboxylic acids is 1. The van der Waals surface area contributed by atoms with Gasteiger partial charge in [0.2, 0.25) is 5.16 Å². The lowest BCUT2D eigenvalue weighted by molar-refractivity contribution is 0.0697. The number of halogens is 1. The maximum atomic E-state index is 13.5. The fourth-order valence-electron chi connectivity index (χ4n) is 2.01. The number of ether oxygens (including phenoxy) is 1. The van der Waals surface area contributed by atoms with Crippen LogP contribution in [0.5, 0.6) is 5.75 Å². The van der Waals surface area contributed by atoms with Crippen molar-refractivity contribution in [3.8, 4) is 5.75 Å². The van der Waals surface area contributed by atoms with Gasteiger partial charge in [-0.3, -0.25) is 5.10 Å². The first-order valence-electron chi connectivity index (χ1n) is 7.35. The van der Waals surface area contributed by atoms with Crippen LogP contribution < -0.4 is 4.74 Å². The Balaban J connectivity index is 1.53. The molecule has 3 aromatic rings. The zero-order valence-corrected chi connectivity index (χ0v) is 13.8. The SMILES string of the molecule is O=C(O)c1ccc(CSc2n[nH]c(COc3ccccc3F)n2)cc1. The fraction of sp³-hybridized carbons (Fsp3) is 0.118. The number of nitrogens with one attached hydrogen (secondary N) is 1. The molecule has 0 aliphatic carbocycles. The standard InChI is InChI=1S/C17H14FN3O3S/c18-13-3-1-2-4-14(13)24-9-15-19-17(21-20-15)25-10-11-5-7-12(8-6-11)16(22)23/h1-8H,9-10H2,(H,22,23)(H,19,20,21). The Morgan fingerprint density at radius 2 is 1.96 bits per heavy atom. The van der Waals surface area contributed by atoms with E-state index in [1.165, 1.54) is 17.8 Å². The summed E-state index contributed by atoms with van der Waals surface area (Å²) in [5, 5.41) is 16.2. The highest BCUT2D eigenvalue weighted by Gasteiger charge is 2.08. The van der Waals surface area contributed by atoms with E-state index < -0.39 is 11.8 Å². The van der Waals surface area contributed by atoms with E-state index in [0.29, 0.717) is 16.7 Å². The predicted octanol–water partition coefficient (Wildman–Crippen LogP) is 3.51. The van der Waals surface area contributed by atoms with Crippen molar-refractivity contribution in [3.05, 3.63) is 71.3 Å². The van der Waals surface area contributed by atoms with Gasteiger partial charge >= 0.3 is 5.97 Å². The van der Waals surface area contributed by atoms with Gasteiger partial charge in [-0.05, 0) is 29.8 Å². The van der Waals surface area contributed by atoms with Gasteiger partial charge in [0.1, 0.15) is 6.61 Å². The Labute approximate surface area is 147 Å². The molecule has 1 heterocycles. The minimum atomic E-state index is -0.951. The van der Waals surface area contributed by atoms with E-state index >= 15 is 0 Å². The van der Waals surface area contributed by atoms with Gasteiger partial charge in [0.15, 0.2) is 17.4 Å². The number of H-pyrrole nitrogens is 1. The van der Waals surface area contributed by atoms with Crippen molar-refractivity contribution in [2.45, 2.75) is 17.5 Å². The van der Waals surface area contributed by atoms with Crippen molar-refractivity contribution in [2.75, 3.05) is 0 Å². The number of para-hydroxylation sites is 1. The van der Waals surface area contributed by atoms with Crippen LogP contribution in [0, 0.1) is 5.82 Å². The normalized spacial score (nSPS) is 10.6. The van der Waals surface area contributed by atoms with E-state index in [9.17, 15) is 9.18 Å². The average Bonchev–Trinajstić information content (AvgIpc) is 3.07. The number of carboxylic acids is 1. The molecule has 0 unspecified atom stereocenters. The first-order valence-corrected chi connectivity index (χ1v) is 8.34. The van der Waals surface area contributed by atoms with Crippen LogP contribution in [0.2, 0.25) is 0 Å². The van der Waals surface area contributed by atoms with Crippen molar-refractivity contribution >= 4 is 17.7 Å². The number of carbonyl (C=O) groups is 1. The van der Waals surface area contributed by atoms with Gasteiger partial charge in [-0.15, -0.1) is 5.10 Å². The smallest absolute Gasteiger partial charge is 0.335 e. The number of hydrogen-bond acceptors (Lipinski definition) is 5. The summed E-state index contributed by atoms with van der Waals surface area (Å²) in [6, 6.07) is 12.8. The molecule has 0 spiro atoms. The molecule has 6 nitrogen and oxygen atoms in total. The molecular formula is C17H14FN3O3S. The van der Waals surface area contributed by atoms with Gasteiger partial charge in [0.25, 0.3) is 0 Å². The Kier molecular flexibility index (Phi) is 5.30. The van der Waals surface area contributed by atoms with Crippen LogP contribution in [0.15, 0.2) is 53.7 Å². The Bertz CT molecular complexity index is 868. The van der Waals surface area contributed by atoms with Crippen LogP contribution >= 0.6 is 11.8 Å². The minimum Gasteiger partial charge on any atom is -0.483 e. The predicted molar refractivity (Wildman–Crippen MR) is 90.1 cm³/mol. The number of rotatable bonds is 7. The highest BCUT2D eigenvalue weighted by atomic mass is 32.2. The van der Waals surface area contributed by atoms with Crippen molar-refractivity contribution in [3.63, 3.8) is 0 Å². The van der Waals surface area contributed by atoms with Crippen molar-refractivity contribution in [1.82, 2.24) is 15.2 Å². The molecule has 0 fully saturated rings. The average molecular weight is 359 g/mol. The molecule has 0 aliphatic rings. The molecule has 0 saturated carbocycles. The number of carboxylic acid groups (broad SMARTS) is 1. The summed E-state index contributed by atoms with van der Waals surface area (Å²) < 4.78 is 18.8. The van der Waals surface area contributed by atoms with Gasteiger partial charge in [-0.25, -0.2) is 14.2 Å². The maximum Gasteiger partial charge on any atom is 0.335 e. The van der Waals surface area contributed by atoms with Gasteiger partial charge in [0, 0.05) is 5.75 Å². The topological polar surface area (TPSA) is 88.1 Å². The fourth-order valence-corrected chi connectivity index (χ4v) is 2.78. The van der Waals surface area contributed by atoms with Gasteiger partial charge < -0.3 is 9.84 Å². The lowest BCUT2D eigenvalue weighted by Crippen LogP contribution is -1.99. The van der Waals surface area contributed by atoms with Crippen LogP contribution in [0.25, 0.3) is 0 Å². The summed E-state index contributed by atoms with van der Waals surface area (Å²) >= 11 is 1.40. The van der Waals surface area contributed by atoms with E-state index in [4.69, 9.17) is 9.84 Å². The first-order chi connectivity index (χ1) is 12.1. The Morgan fingerprint density at radius 1 is 1.20 bits per heavy atom. The second-order valence-corrected chi connectivity index (χ2v) is 6.02. The summed E-state index contributed by atoms with van der Waals surface area (Å²) in [5.41, 5.74) is 1.21. The van der Waals surface area contributed by atoms with Crippen LogP contribution in [-0.2, 0) is 12.4 Å². The van der Waals surface area contributed by atoms with E-state index in [2.05, 4.69) is 15.2 Å². The third kappa shape index (κ3) is 4.57. The molecule has 0 bridgehead atoms. The van der Waals surface area contributed by atoms with Gasteiger partial charge in [0.05, 0.1) is 5.56 Å². The quantitative estimate of drug-likeness (QED) is 0.628. The van der Waals surface area contributed by atoms with Crippen LogP contribution in [0.1, 0.15) is 21.7 Å².